The molecule has 80 valence electrons. The molecule has 0 bridgehead atoms. The SMILES string of the molecule is CON(C)c1cc2[nH]c(=O)oc2cc1N. The fourth-order valence-corrected chi connectivity index (χ4v) is 1.37. The third-order valence-electron chi connectivity index (χ3n) is 2.18. The Morgan fingerprint density at radius 1 is 1.53 bits per heavy atom. The molecular weight excluding hydrogens is 198 g/mol. The van der Waals surface area contributed by atoms with Crippen molar-refractivity contribution in [1.29, 1.82) is 0 Å². The van der Waals surface area contributed by atoms with Crippen LogP contribution in [0.4, 0.5) is 11.4 Å². The minimum Gasteiger partial charge on any atom is -0.408 e. The van der Waals surface area contributed by atoms with Gasteiger partial charge in [-0.2, -0.15) is 0 Å². The Balaban J connectivity index is 2.66. The number of benzene rings is 1. The van der Waals surface area contributed by atoms with Gasteiger partial charge in [-0.3, -0.25) is 14.9 Å². The van der Waals surface area contributed by atoms with Crippen LogP contribution in [-0.4, -0.2) is 19.1 Å². The maximum Gasteiger partial charge on any atom is 0.417 e. The highest BCUT2D eigenvalue weighted by molar-refractivity contribution is 5.85. The standard InChI is InChI=1S/C9H11N3O3/c1-12(14-2)7-4-6-8(3-5(7)10)15-9(13)11-6/h3-4H,10H2,1-2H3,(H,11,13). The first-order chi connectivity index (χ1) is 7.11. The molecule has 2 aromatic rings. The van der Waals surface area contributed by atoms with Crippen molar-refractivity contribution in [3.8, 4) is 0 Å². The van der Waals surface area contributed by atoms with E-state index in [1.165, 1.54) is 12.2 Å². The van der Waals surface area contributed by atoms with Gasteiger partial charge in [-0.15, -0.1) is 0 Å². The second kappa shape index (κ2) is 3.32. The number of hydroxylamine groups is 1. The van der Waals surface area contributed by atoms with Crippen molar-refractivity contribution in [2.24, 2.45) is 0 Å². The number of nitrogens with zero attached hydrogens (tertiary/aromatic N) is 1. The average Bonchev–Trinajstić information content (AvgIpc) is 2.55. The summed E-state index contributed by atoms with van der Waals surface area (Å²) >= 11 is 0. The molecule has 1 heterocycles. The van der Waals surface area contributed by atoms with Crippen LogP contribution >= 0.6 is 0 Å². The van der Waals surface area contributed by atoms with E-state index in [0.29, 0.717) is 22.5 Å². The smallest absolute Gasteiger partial charge is 0.408 e. The Hall–Kier alpha value is -1.95. The molecule has 6 nitrogen and oxygen atoms in total. The number of nitrogens with two attached hydrogens (primary N) is 1. The number of nitrogens with one attached hydrogen (secondary N) is 1. The van der Waals surface area contributed by atoms with Crippen LogP contribution in [0.5, 0.6) is 0 Å². The summed E-state index contributed by atoms with van der Waals surface area (Å²) in [6, 6.07) is 3.27. The quantitative estimate of drug-likeness (QED) is 0.561. The van der Waals surface area contributed by atoms with Crippen LogP contribution in [0, 0.1) is 0 Å². The average molecular weight is 209 g/mol. The number of oxazole rings is 1. The van der Waals surface area contributed by atoms with Crippen LogP contribution in [0.15, 0.2) is 21.3 Å². The lowest BCUT2D eigenvalue weighted by Gasteiger charge is -2.17. The van der Waals surface area contributed by atoms with Crippen molar-refractivity contribution >= 4 is 22.5 Å². The van der Waals surface area contributed by atoms with E-state index < -0.39 is 5.76 Å². The number of anilines is 2. The minimum atomic E-state index is -0.499. The van der Waals surface area contributed by atoms with E-state index in [-0.39, 0.29) is 0 Å². The molecule has 0 radical (unpaired) electrons. The predicted molar refractivity (Wildman–Crippen MR) is 56.7 cm³/mol. The molecule has 2 rings (SSSR count). The van der Waals surface area contributed by atoms with Gasteiger partial charge < -0.3 is 10.2 Å². The lowest BCUT2D eigenvalue weighted by atomic mass is 10.2. The lowest BCUT2D eigenvalue weighted by molar-refractivity contribution is 0.185. The highest BCUT2D eigenvalue weighted by atomic mass is 16.7. The molecule has 0 aliphatic rings. The van der Waals surface area contributed by atoms with E-state index in [4.69, 9.17) is 15.0 Å². The van der Waals surface area contributed by atoms with Gasteiger partial charge >= 0.3 is 5.76 Å². The Morgan fingerprint density at radius 3 is 2.93 bits per heavy atom. The van der Waals surface area contributed by atoms with Crippen LogP contribution < -0.4 is 16.6 Å². The molecule has 1 aromatic carbocycles. The summed E-state index contributed by atoms with van der Waals surface area (Å²) in [5, 5.41) is 1.50. The maximum atomic E-state index is 10.9. The van der Waals surface area contributed by atoms with E-state index in [9.17, 15) is 4.79 Å². The molecule has 0 saturated heterocycles. The number of H-pyrrole nitrogens is 1. The Morgan fingerprint density at radius 2 is 2.27 bits per heavy atom. The van der Waals surface area contributed by atoms with Gasteiger partial charge in [0.25, 0.3) is 0 Å². The molecule has 0 fully saturated rings. The molecule has 0 aliphatic carbocycles. The highest BCUT2D eigenvalue weighted by Gasteiger charge is 2.09. The number of aromatic nitrogens is 1. The molecule has 0 spiro atoms. The monoisotopic (exact) mass is 209 g/mol. The van der Waals surface area contributed by atoms with Crippen LogP contribution in [0.2, 0.25) is 0 Å². The van der Waals surface area contributed by atoms with E-state index >= 15 is 0 Å². The molecule has 0 amide bonds. The first-order valence-electron chi connectivity index (χ1n) is 4.32. The van der Waals surface area contributed by atoms with Crippen LogP contribution in [-0.2, 0) is 4.84 Å². The Labute approximate surface area is 85.2 Å². The predicted octanol–water partition coefficient (Wildman–Crippen LogP) is 0.701. The highest BCUT2D eigenvalue weighted by Crippen LogP contribution is 2.26. The van der Waals surface area contributed by atoms with Gasteiger partial charge in [0, 0.05) is 13.1 Å². The number of hydrogen-bond donors (Lipinski definition) is 2. The summed E-state index contributed by atoms with van der Waals surface area (Å²) in [6.45, 7) is 0. The molecular formula is C9H11N3O3. The van der Waals surface area contributed by atoms with Crippen molar-refractivity contribution in [3.63, 3.8) is 0 Å². The summed E-state index contributed by atoms with van der Waals surface area (Å²) in [7, 11) is 3.25. The van der Waals surface area contributed by atoms with Crippen molar-refractivity contribution in [3.05, 3.63) is 22.7 Å². The molecule has 0 saturated carbocycles. The number of nitrogen functional groups attached to an aromatic ring is 1. The van der Waals surface area contributed by atoms with Gasteiger partial charge in [0.1, 0.15) is 0 Å². The van der Waals surface area contributed by atoms with Gasteiger partial charge in [-0.05, 0) is 6.07 Å². The van der Waals surface area contributed by atoms with E-state index in [2.05, 4.69) is 4.98 Å². The van der Waals surface area contributed by atoms with E-state index in [1.54, 1.807) is 19.2 Å². The summed E-state index contributed by atoms with van der Waals surface area (Å²) < 4.78 is 4.87. The zero-order valence-corrected chi connectivity index (χ0v) is 8.40. The van der Waals surface area contributed by atoms with Crippen molar-refractivity contribution in [1.82, 2.24) is 4.98 Å². The number of rotatable bonds is 2. The fraction of sp³-hybridized carbons (Fsp3) is 0.222. The first-order valence-corrected chi connectivity index (χ1v) is 4.32. The fourth-order valence-electron chi connectivity index (χ4n) is 1.37. The Bertz CT molecular complexity index is 543. The third-order valence-corrected chi connectivity index (χ3v) is 2.18. The largest absolute Gasteiger partial charge is 0.417 e. The van der Waals surface area contributed by atoms with E-state index in [1.807, 2.05) is 0 Å². The normalized spacial score (nSPS) is 10.8. The molecule has 6 heteroatoms. The van der Waals surface area contributed by atoms with Crippen molar-refractivity contribution in [2.45, 2.75) is 0 Å². The number of hydrogen-bond acceptors (Lipinski definition) is 5. The van der Waals surface area contributed by atoms with Crippen LogP contribution in [0.1, 0.15) is 0 Å². The number of aromatic amines is 1. The van der Waals surface area contributed by atoms with Gasteiger partial charge in [0.2, 0.25) is 0 Å². The molecule has 15 heavy (non-hydrogen) atoms. The van der Waals surface area contributed by atoms with E-state index in [0.717, 1.165) is 0 Å². The van der Waals surface area contributed by atoms with Gasteiger partial charge in [0.05, 0.1) is 24.0 Å². The summed E-state index contributed by atoms with van der Waals surface area (Å²) in [5.41, 5.74) is 7.95. The number of fused-ring (bicyclic) bond motifs is 1. The van der Waals surface area contributed by atoms with Crippen molar-refractivity contribution in [2.75, 3.05) is 25.0 Å². The van der Waals surface area contributed by atoms with Gasteiger partial charge in [-0.1, -0.05) is 0 Å². The summed E-state index contributed by atoms with van der Waals surface area (Å²) in [6.07, 6.45) is 0. The van der Waals surface area contributed by atoms with Crippen molar-refractivity contribution < 1.29 is 9.25 Å². The summed E-state index contributed by atoms with van der Waals surface area (Å²) in [5.74, 6) is -0.499. The zero-order valence-electron chi connectivity index (χ0n) is 8.40. The zero-order chi connectivity index (χ0) is 11.0. The summed E-state index contributed by atoms with van der Waals surface area (Å²) in [4.78, 5) is 18.5. The lowest BCUT2D eigenvalue weighted by Crippen LogP contribution is -2.16. The topological polar surface area (TPSA) is 84.5 Å². The second-order valence-electron chi connectivity index (χ2n) is 3.10. The van der Waals surface area contributed by atoms with Gasteiger partial charge in [0.15, 0.2) is 5.58 Å². The molecule has 0 aliphatic heterocycles. The second-order valence-corrected chi connectivity index (χ2v) is 3.10. The van der Waals surface area contributed by atoms with Gasteiger partial charge in [-0.25, -0.2) is 4.79 Å². The molecule has 0 unspecified atom stereocenters. The first kappa shape index (κ1) is 9.60. The third kappa shape index (κ3) is 1.55. The van der Waals surface area contributed by atoms with Crippen LogP contribution in [0.25, 0.3) is 11.1 Å². The molecule has 0 atom stereocenters. The minimum absolute atomic E-state index is 0.436. The van der Waals surface area contributed by atoms with Crippen LogP contribution in [0.3, 0.4) is 0 Å². The molecule has 3 N–H and O–H groups in total. The Kier molecular flexibility index (Phi) is 2.12. The molecule has 1 aromatic heterocycles. The maximum absolute atomic E-state index is 10.9.